The van der Waals surface area contributed by atoms with Crippen molar-refractivity contribution in [3.8, 4) is 0 Å². The van der Waals surface area contributed by atoms with Gasteiger partial charge in [-0.3, -0.25) is 14.4 Å². The van der Waals surface area contributed by atoms with E-state index in [0.717, 1.165) is 32.1 Å². The van der Waals surface area contributed by atoms with Crippen LogP contribution in [0.4, 0.5) is 0 Å². The molecule has 8 heteroatoms. The van der Waals surface area contributed by atoms with E-state index in [4.69, 9.17) is 9.47 Å². The van der Waals surface area contributed by atoms with Crippen molar-refractivity contribution in [2.75, 3.05) is 13.2 Å². The van der Waals surface area contributed by atoms with Crippen LogP contribution in [-0.4, -0.2) is 70.3 Å². The molecule has 3 saturated heterocycles. The molecule has 2 amide bonds. The van der Waals surface area contributed by atoms with Crippen molar-refractivity contribution < 1.29 is 29.0 Å². The fourth-order valence-electron chi connectivity index (χ4n) is 6.95. The molecule has 4 aliphatic rings. The summed E-state index contributed by atoms with van der Waals surface area (Å²) in [6.07, 6.45) is 7.08. The molecule has 186 valence electrons. The highest BCUT2D eigenvalue weighted by Crippen LogP contribution is 2.63. The lowest BCUT2D eigenvalue weighted by Gasteiger charge is -2.40. The Morgan fingerprint density at radius 3 is 2.55 bits per heavy atom. The number of carbonyl (C=O) groups is 3. The Morgan fingerprint density at radius 1 is 1.24 bits per heavy atom. The number of likely N-dealkylation sites (tertiary alicyclic amines) is 1. The van der Waals surface area contributed by atoms with Gasteiger partial charge in [0.1, 0.15) is 17.6 Å². The summed E-state index contributed by atoms with van der Waals surface area (Å²) in [5, 5.41) is 13.5. The predicted octanol–water partition coefficient (Wildman–Crippen LogP) is 2.17. The van der Waals surface area contributed by atoms with Crippen LogP contribution in [0.3, 0.4) is 0 Å². The second kappa shape index (κ2) is 9.17. The van der Waals surface area contributed by atoms with E-state index in [1.54, 1.807) is 11.8 Å². The molecule has 2 bridgehead atoms. The number of fused-ring (bicyclic) bond motifs is 1. The number of carbonyl (C=O) groups excluding carboxylic acids is 3. The number of aliphatic hydroxyl groups excluding tert-OH is 1. The fraction of sp³-hybridized carbons (Fsp3) is 0.880. The zero-order valence-corrected chi connectivity index (χ0v) is 20.5. The predicted molar refractivity (Wildman–Crippen MR) is 121 cm³/mol. The smallest absolute Gasteiger partial charge is 0.312 e. The van der Waals surface area contributed by atoms with Crippen molar-refractivity contribution in [1.29, 1.82) is 0 Å². The van der Waals surface area contributed by atoms with Crippen LogP contribution in [0, 0.1) is 17.8 Å². The van der Waals surface area contributed by atoms with Crippen molar-refractivity contribution in [3.05, 3.63) is 0 Å². The van der Waals surface area contributed by atoms with Crippen LogP contribution in [0.15, 0.2) is 0 Å². The molecule has 0 aromatic rings. The number of amides is 2. The minimum atomic E-state index is -1.07. The van der Waals surface area contributed by atoms with Gasteiger partial charge in [0.2, 0.25) is 11.8 Å². The van der Waals surface area contributed by atoms with E-state index < -0.39 is 41.1 Å². The number of rotatable bonds is 8. The summed E-state index contributed by atoms with van der Waals surface area (Å²) in [7, 11) is 0. The number of esters is 1. The van der Waals surface area contributed by atoms with E-state index in [1.165, 1.54) is 6.42 Å². The van der Waals surface area contributed by atoms with Crippen LogP contribution < -0.4 is 5.32 Å². The maximum absolute atomic E-state index is 14.0. The Morgan fingerprint density at radius 2 is 1.94 bits per heavy atom. The summed E-state index contributed by atoms with van der Waals surface area (Å²) in [6.45, 7) is 7.59. The fourth-order valence-corrected chi connectivity index (χ4v) is 6.95. The van der Waals surface area contributed by atoms with E-state index in [9.17, 15) is 19.5 Å². The number of ether oxygens (including phenoxy) is 2. The number of nitrogens with zero attached hydrogens (tertiary/aromatic N) is 1. The van der Waals surface area contributed by atoms with Gasteiger partial charge >= 0.3 is 5.97 Å². The minimum absolute atomic E-state index is 0.00649. The third-order valence-corrected chi connectivity index (χ3v) is 8.80. The molecule has 8 nitrogen and oxygen atoms in total. The molecule has 0 aromatic heterocycles. The van der Waals surface area contributed by atoms with E-state index >= 15 is 0 Å². The second-order valence-electron chi connectivity index (χ2n) is 10.7. The normalized spacial score (nSPS) is 37.7. The lowest BCUT2D eigenvalue weighted by molar-refractivity contribution is -0.161. The number of hydrogen-bond donors (Lipinski definition) is 2. The Bertz CT molecular complexity index is 783. The molecule has 0 radical (unpaired) electrons. The van der Waals surface area contributed by atoms with Crippen LogP contribution in [0.2, 0.25) is 0 Å². The quantitative estimate of drug-likeness (QED) is 0.534. The zero-order valence-electron chi connectivity index (χ0n) is 20.5. The monoisotopic (exact) mass is 464 g/mol. The van der Waals surface area contributed by atoms with Crippen molar-refractivity contribution in [1.82, 2.24) is 10.2 Å². The van der Waals surface area contributed by atoms with Gasteiger partial charge in [-0.25, -0.2) is 0 Å². The maximum Gasteiger partial charge on any atom is 0.312 e. The Labute approximate surface area is 196 Å². The van der Waals surface area contributed by atoms with Crippen LogP contribution in [0.25, 0.3) is 0 Å². The Balaban J connectivity index is 1.74. The SMILES string of the molecule is CCOC(=O)[C@@H]1[C@H]2C(=O)N([C@@H](CO)[C@@H](C)CC)C(C(=O)NC3CCCCC3)C23CC[C@@]1(C)O3. The summed E-state index contributed by atoms with van der Waals surface area (Å²) in [5.41, 5.74) is -1.89. The number of nitrogens with one attached hydrogen (secondary N) is 1. The molecular weight excluding hydrogens is 424 g/mol. The lowest BCUT2D eigenvalue weighted by atomic mass is 9.66. The molecule has 3 aliphatic heterocycles. The third kappa shape index (κ3) is 3.77. The van der Waals surface area contributed by atoms with Crippen molar-refractivity contribution in [2.45, 2.75) is 108 Å². The summed E-state index contributed by atoms with van der Waals surface area (Å²) in [5.74, 6) is -2.43. The van der Waals surface area contributed by atoms with E-state index in [2.05, 4.69) is 5.32 Å². The molecule has 4 fully saturated rings. The summed E-state index contributed by atoms with van der Waals surface area (Å²) in [6, 6.07) is -1.28. The number of hydrogen-bond acceptors (Lipinski definition) is 6. The maximum atomic E-state index is 14.0. The molecule has 2 N–H and O–H groups in total. The van der Waals surface area contributed by atoms with E-state index in [-0.39, 0.29) is 37.0 Å². The van der Waals surface area contributed by atoms with Gasteiger partial charge in [-0.15, -0.1) is 0 Å². The van der Waals surface area contributed by atoms with Gasteiger partial charge in [0.15, 0.2) is 0 Å². The molecule has 0 aromatic carbocycles. The van der Waals surface area contributed by atoms with Crippen LogP contribution in [0.5, 0.6) is 0 Å². The third-order valence-electron chi connectivity index (χ3n) is 8.80. The average molecular weight is 465 g/mol. The number of aliphatic hydroxyl groups is 1. The molecule has 2 unspecified atom stereocenters. The van der Waals surface area contributed by atoms with Crippen LogP contribution in [-0.2, 0) is 23.9 Å². The van der Waals surface area contributed by atoms with Gasteiger partial charge in [0.25, 0.3) is 0 Å². The second-order valence-corrected chi connectivity index (χ2v) is 10.7. The molecule has 4 rings (SSSR count). The van der Waals surface area contributed by atoms with Gasteiger partial charge in [0, 0.05) is 6.04 Å². The molecule has 1 saturated carbocycles. The summed E-state index contributed by atoms with van der Waals surface area (Å²) < 4.78 is 11.9. The van der Waals surface area contributed by atoms with Crippen LogP contribution >= 0.6 is 0 Å². The van der Waals surface area contributed by atoms with Crippen LogP contribution in [0.1, 0.15) is 79.1 Å². The zero-order chi connectivity index (χ0) is 24.0. The van der Waals surface area contributed by atoms with Crippen molar-refractivity contribution in [3.63, 3.8) is 0 Å². The Kier molecular flexibility index (Phi) is 6.80. The van der Waals surface area contributed by atoms with Gasteiger partial charge in [-0.2, -0.15) is 0 Å². The standard InChI is InChI=1S/C25H40N2O6/c1-5-15(3)17(14-28)27-20(21(29)26-16-10-8-7-9-11-16)25-13-12-24(4,33-25)19(18(25)22(27)30)23(31)32-6-2/h15-20,28H,5-14H2,1-4H3,(H,26,29)/t15-,17-,18-,19-,20?,24+,25?/m0/s1. The van der Waals surface area contributed by atoms with Gasteiger partial charge in [-0.05, 0) is 45.4 Å². The van der Waals surface area contributed by atoms with E-state index in [0.29, 0.717) is 12.8 Å². The molecule has 7 atom stereocenters. The first-order valence-electron chi connectivity index (χ1n) is 12.8. The summed E-state index contributed by atoms with van der Waals surface area (Å²) in [4.78, 5) is 42.5. The first-order chi connectivity index (χ1) is 15.7. The van der Waals surface area contributed by atoms with Gasteiger partial charge in [-0.1, -0.05) is 39.5 Å². The molecule has 1 aliphatic carbocycles. The molecule has 3 heterocycles. The van der Waals surface area contributed by atoms with Crippen molar-refractivity contribution >= 4 is 17.8 Å². The highest BCUT2D eigenvalue weighted by molar-refractivity contribution is 5.98. The highest BCUT2D eigenvalue weighted by atomic mass is 16.6. The average Bonchev–Trinajstić information content (AvgIpc) is 3.36. The largest absolute Gasteiger partial charge is 0.466 e. The first kappa shape index (κ1) is 24.5. The van der Waals surface area contributed by atoms with E-state index in [1.807, 2.05) is 20.8 Å². The Hall–Kier alpha value is -1.67. The minimum Gasteiger partial charge on any atom is -0.466 e. The van der Waals surface area contributed by atoms with Crippen molar-refractivity contribution in [2.24, 2.45) is 17.8 Å². The first-order valence-corrected chi connectivity index (χ1v) is 12.8. The topological polar surface area (TPSA) is 105 Å². The summed E-state index contributed by atoms with van der Waals surface area (Å²) >= 11 is 0. The lowest BCUT2D eigenvalue weighted by Crippen LogP contribution is -2.60. The molecule has 1 spiro atoms. The molecular formula is C25H40N2O6. The van der Waals surface area contributed by atoms with Gasteiger partial charge < -0.3 is 24.8 Å². The molecule has 33 heavy (non-hydrogen) atoms. The highest BCUT2D eigenvalue weighted by Gasteiger charge is 2.79. The van der Waals surface area contributed by atoms with Gasteiger partial charge in [0.05, 0.1) is 30.8 Å².